The zero-order valence-electron chi connectivity index (χ0n) is 9.74. The highest BCUT2D eigenvalue weighted by atomic mass is 16.6. The number of carbonyl (C=O) groups is 1. The maximum Gasteiger partial charge on any atom is 0.303 e. The van der Waals surface area contributed by atoms with Gasteiger partial charge in [0.2, 0.25) is 0 Å². The first-order chi connectivity index (χ1) is 7.73. The van der Waals surface area contributed by atoms with Gasteiger partial charge in [-0.2, -0.15) is 0 Å². The van der Waals surface area contributed by atoms with Crippen LogP contribution in [0.5, 0.6) is 0 Å². The molecule has 86 valence electrons. The largest absolute Gasteiger partial charge is 0.454 e. The Balaban J connectivity index is 2.29. The Kier molecular flexibility index (Phi) is 3.28. The first kappa shape index (κ1) is 11.2. The molecule has 1 aliphatic rings. The quantitative estimate of drug-likeness (QED) is 0.711. The summed E-state index contributed by atoms with van der Waals surface area (Å²) in [6.45, 7) is 1.50. The van der Waals surface area contributed by atoms with Gasteiger partial charge in [-0.1, -0.05) is 36.8 Å². The van der Waals surface area contributed by atoms with Crippen molar-refractivity contribution in [3.63, 3.8) is 0 Å². The smallest absolute Gasteiger partial charge is 0.303 e. The molecule has 0 radical (unpaired) electrons. The minimum absolute atomic E-state index is 0.175. The summed E-state index contributed by atoms with van der Waals surface area (Å²) in [5, 5.41) is 0. The lowest BCUT2D eigenvalue weighted by atomic mass is 9.79. The second-order valence-corrected chi connectivity index (χ2v) is 4.51. The van der Waals surface area contributed by atoms with Crippen molar-refractivity contribution in [2.45, 2.75) is 44.6 Å². The molecular weight excluding hydrogens is 200 g/mol. The van der Waals surface area contributed by atoms with E-state index >= 15 is 0 Å². The minimum atomic E-state index is -0.356. The van der Waals surface area contributed by atoms with E-state index in [2.05, 4.69) is 12.1 Å². The van der Waals surface area contributed by atoms with Crippen LogP contribution in [0.4, 0.5) is 0 Å². The topological polar surface area (TPSA) is 26.3 Å². The van der Waals surface area contributed by atoms with Gasteiger partial charge in [-0.25, -0.2) is 0 Å². The average Bonchev–Trinajstić information content (AvgIpc) is 2.30. The average molecular weight is 218 g/mol. The third-order valence-electron chi connectivity index (χ3n) is 3.30. The Bertz CT molecular complexity index is 350. The van der Waals surface area contributed by atoms with E-state index in [9.17, 15) is 4.79 Å². The van der Waals surface area contributed by atoms with Gasteiger partial charge in [-0.3, -0.25) is 4.79 Å². The normalized spacial score (nSPS) is 19.1. The van der Waals surface area contributed by atoms with Crippen LogP contribution in [0.2, 0.25) is 0 Å². The van der Waals surface area contributed by atoms with Gasteiger partial charge in [0.05, 0.1) is 0 Å². The summed E-state index contributed by atoms with van der Waals surface area (Å²) in [5.74, 6) is -0.175. The van der Waals surface area contributed by atoms with Crippen LogP contribution in [-0.2, 0) is 15.1 Å². The van der Waals surface area contributed by atoms with E-state index in [1.54, 1.807) is 0 Å². The molecule has 0 N–H and O–H groups in total. The molecule has 1 saturated carbocycles. The molecule has 0 bridgehead atoms. The molecule has 2 heteroatoms. The Morgan fingerprint density at radius 2 is 1.75 bits per heavy atom. The van der Waals surface area contributed by atoms with Gasteiger partial charge in [0, 0.05) is 6.92 Å². The van der Waals surface area contributed by atoms with Crippen molar-refractivity contribution in [1.82, 2.24) is 0 Å². The first-order valence-electron chi connectivity index (χ1n) is 5.98. The molecule has 0 unspecified atom stereocenters. The highest BCUT2D eigenvalue weighted by molar-refractivity contribution is 5.66. The number of carbonyl (C=O) groups excluding carboxylic acids is 1. The Hall–Kier alpha value is -1.31. The number of esters is 1. The number of benzene rings is 1. The van der Waals surface area contributed by atoms with Gasteiger partial charge in [0.15, 0.2) is 0 Å². The molecule has 2 rings (SSSR count). The van der Waals surface area contributed by atoms with Crippen molar-refractivity contribution in [2.75, 3.05) is 0 Å². The molecule has 0 saturated heterocycles. The predicted molar refractivity (Wildman–Crippen MR) is 63.0 cm³/mol. The van der Waals surface area contributed by atoms with E-state index in [0.717, 1.165) is 31.2 Å². The van der Waals surface area contributed by atoms with Crippen LogP contribution in [-0.4, -0.2) is 5.97 Å². The van der Waals surface area contributed by atoms with Gasteiger partial charge < -0.3 is 4.74 Å². The fourth-order valence-corrected chi connectivity index (χ4v) is 2.59. The second kappa shape index (κ2) is 4.69. The van der Waals surface area contributed by atoms with Crippen molar-refractivity contribution in [2.24, 2.45) is 0 Å². The van der Waals surface area contributed by atoms with E-state index in [-0.39, 0.29) is 11.6 Å². The third-order valence-corrected chi connectivity index (χ3v) is 3.30. The van der Waals surface area contributed by atoms with Crippen molar-refractivity contribution in [1.29, 1.82) is 0 Å². The number of ether oxygens (including phenoxy) is 1. The third kappa shape index (κ3) is 2.26. The monoisotopic (exact) mass is 218 g/mol. The van der Waals surface area contributed by atoms with Crippen LogP contribution in [0.1, 0.15) is 44.6 Å². The zero-order valence-corrected chi connectivity index (χ0v) is 9.74. The lowest BCUT2D eigenvalue weighted by Crippen LogP contribution is -2.33. The van der Waals surface area contributed by atoms with Crippen LogP contribution in [0.3, 0.4) is 0 Å². The van der Waals surface area contributed by atoms with E-state index in [4.69, 9.17) is 4.74 Å². The molecule has 1 aromatic carbocycles. The Morgan fingerprint density at radius 3 is 2.31 bits per heavy atom. The number of hydrogen-bond acceptors (Lipinski definition) is 2. The van der Waals surface area contributed by atoms with Gasteiger partial charge >= 0.3 is 5.97 Å². The fraction of sp³-hybridized carbons (Fsp3) is 0.500. The van der Waals surface area contributed by atoms with Crippen molar-refractivity contribution < 1.29 is 9.53 Å². The maximum atomic E-state index is 11.3. The van der Waals surface area contributed by atoms with Crippen molar-refractivity contribution in [3.8, 4) is 0 Å². The summed E-state index contributed by atoms with van der Waals surface area (Å²) >= 11 is 0. The van der Waals surface area contributed by atoms with E-state index in [0.29, 0.717) is 0 Å². The predicted octanol–water partition coefficient (Wildman–Crippen LogP) is 3.41. The SMILES string of the molecule is CC(=O)OC1(c2ccccc2)CCCCC1. The number of hydrogen-bond donors (Lipinski definition) is 0. The molecule has 2 nitrogen and oxygen atoms in total. The summed E-state index contributed by atoms with van der Waals surface area (Å²) in [5.41, 5.74) is 0.788. The zero-order chi connectivity index (χ0) is 11.4. The summed E-state index contributed by atoms with van der Waals surface area (Å²) in [6, 6.07) is 10.1. The first-order valence-corrected chi connectivity index (χ1v) is 5.98. The Labute approximate surface area is 96.6 Å². The summed E-state index contributed by atoms with van der Waals surface area (Å²) < 4.78 is 5.63. The van der Waals surface area contributed by atoms with Crippen LogP contribution >= 0.6 is 0 Å². The van der Waals surface area contributed by atoms with E-state index in [1.165, 1.54) is 13.3 Å². The second-order valence-electron chi connectivity index (χ2n) is 4.51. The highest BCUT2D eigenvalue weighted by Crippen LogP contribution is 2.40. The van der Waals surface area contributed by atoms with Gasteiger partial charge in [-0.05, 0) is 31.2 Å². The van der Waals surface area contributed by atoms with E-state index in [1.807, 2.05) is 18.2 Å². The lowest BCUT2D eigenvalue weighted by Gasteiger charge is -2.36. The standard InChI is InChI=1S/C14H18O2/c1-12(15)16-14(10-6-3-7-11-14)13-8-4-2-5-9-13/h2,4-5,8-9H,3,6-7,10-11H2,1H3. The summed E-state index contributed by atoms with van der Waals surface area (Å²) in [6.07, 6.45) is 5.44. The molecule has 0 aromatic heterocycles. The number of rotatable bonds is 2. The minimum Gasteiger partial charge on any atom is -0.454 e. The van der Waals surface area contributed by atoms with Gasteiger partial charge in [0.25, 0.3) is 0 Å². The van der Waals surface area contributed by atoms with Crippen LogP contribution in [0.25, 0.3) is 0 Å². The van der Waals surface area contributed by atoms with E-state index < -0.39 is 0 Å². The maximum absolute atomic E-state index is 11.3. The van der Waals surface area contributed by atoms with Crippen LogP contribution in [0.15, 0.2) is 30.3 Å². The molecule has 0 atom stereocenters. The molecule has 16 heavy (non-hydrogen) atoms. The molecule has 0 spiro atoms. The summed E-state index contributed by atoms with van der Waals surface area (Å²) in [7, 11) is 0. The fourth-order valence-electron chi connectivity index (χ4n) is 2.59. The molecule has 1 aliphatic carbocycles. The van der Waals surface area contributed by atoms with Gasteiger partial charge in [-0.15, -0.1) is 0 Å². The van der Waals surface area contributed by atoms with Crippen LogP contribution < -0.4 is 0 Å². The Morgan fingerprint density at radius 1 is 1.12 bits per heavy atom. The molecular formula is C14H18O2. The molecule has 1 aromatic rings. The lowest BCUT2D eigenvalue weighted by molar-refractivity contribution is -0.162. The molecule has 0 amide bonds. The molecule has 1 fully saturated rings. The van der Waals surface area contributed by atoms with Gasteiger partial charge in [0.1, 0.15) is 5.60 Å². The molecule has 0 heterocycles. The van der Waals surface area contributed by atoms with Crippen LogP contribution in [0, 0.1) is 0 Å². The van der Waals surface area contributed by atoms with Crippen molar-refractivity contribution in [3.05, 3.63) is 35.9 Å². The van der Waals surface area contributed by atoms with Crippen molar-refractivity contribution >= 4 is 5.97 Å². The molecule has 0 aliphatic heterocycles. The summed E-state index contributed by atoms with van der Waals surface area (Å²) in [4.78, 5) is 11.3. The highest BCUT2D eigenvalue weighted by Gasteiger charge is 2.36.